The van der Waals surface area contributed by atoms with E-state index in [1.807, 2.05) is 48.1 Å². The number of carbonyl (C=O) groups is 1. The van der Waals surface area contributed by atoms with Gasteiger partial charge in [-0.2, -0.15) is 0 Å². The number of methoxy groups -OCH3 is 1. The average Bonchev–Trinajstić information content (AvgIpc) is 3.34. The fraction of sp³-hybridized carbons (Fsp3) is 0.391. The van der Waals surface area contributed by atoms with Crippen LogP contribution in [0.15, 0.2) is 36.7 Å². The first-order valence-electron chi connectivity index (χ1n) is 10.2. The van der Waals surface area contributed by atoms with E-state index in [0.717, 1.165) is 47.4 Å². The van der Waals surface area contributed by atoms with Gasteiger partial charge in [-0.1, -0.05) is 11.6 Å². The fourth-order valence-electron chi connectivity index (χ4n) is 4.22. The number of carbonyl (C=O) groups excluding carboxylic acids is 1. The van der Waals surface area contributed by atoms with Gasteiger partial charge in [-0.25, -0.2) is 4.98 Å². The second-order valence-electron chi connectivity index (χ2n) is 7.83. The Labute approximate surface area is 181 Å². The summed E-state index contributed by atoms with van der Waals surface area (Å²) in [5.41, 5.74) is 4.29. The molecule has 0 aliphatic carbocycles. The van der Waals surface area contributed by atoms with Crippen LogP contribution in [0.25, 0.3) is 16.9 Å². The molecule has 158 valence electrons. The number of pyridine rings is 1. The summed E-state index contributed by atoms with van der Waals surface area (Å²) in [6, 6.07) is 7.64. The SMILES string of the molecule is COc1cc(CCO)c(-c2cn3ccc(CC(=O)[C@@H]4CCCN4C)cc3n2)cc1Cl. The van der Waals surface area contributed by atoms with Crippen LogP contribution in [0.4, 0.5) is 0 Å². The van der Waals surface area contributed by atoms with E-state index in [-0.39, 0.29) is 18.4 Å². The third-order valence-corrected chi connectivity index (χ3v) is 6.13. The molecule has 3 aromatic rings. The van der Waals surface area contributed by atoms with E-state index in [2.05, 4.69) is 4.90 Å². The quantitative estimate of drug-likeness (QED) is 0.626. The van der Waals surface area contributed by atoms with E-state index < -0.39 is 0 Å². The molecule has 6 nitrogen and oxygen atoms in total. The van der Waals surface area contributed by atoms with Gasteiger partial charge in [-0.15, -0.1) is 0 Å². The Hall–Kier alpha value is -2.41. The molecule has 1 N–H and O–H groups in total. The number of nitrogens with zero attached hydrogens (tertiary/aromatic N) is 3. The number of Topliss-reactive ketones (excluding diaryl/α,β-unsaturated/α-hetero) is 1. The molecule has 4 rings (SSSR count). The second-order valence-corrected chi connectivity index (χ2v) is 8.23. The van der Waals surface area contributed by atoms with Gasteiger partial charge in [0.05, 0.1) is 23.9 Å². The Morgan fingerprint density at radius 2 is 2.20 bits per heavy atom. The molecule has 0 saturated carbocycles. The number of fused-ring (bicyclic) bond motifs is 1. The Morgan fingerprint density at radius 1 is 1.37 bits per heavy atom. The molecule has 0 spiro atoms. The molecule has 2 aromatic heterocycles. The average molecular weight is 428 g/mol. The first kappa shape index (κ1) is 20.8. The highest BCUT2D eigenvalue weighted by molar-refractivity contribution is 6.32. The highest BCUT2D eigenvalue weighted by Crippen LogP contribution is 2.34. The predicted molar refractivity (Wildman–Crippen MR) is 117 cm³/mol. The summed E-state index contributed by atoms with van der Waals surface area (Å²) < 4.78 is 7.25. The summed E-state index contributed by atoms with van der Waals surface area (Å²) >= 11 is 6.34. The standard InChI is InChI=1S/C23H26ClN3O3/c1-26-7-3-4-20(26)21(29)10-15-5-8-27-14-19(25-23(27)11-15)17-13-18(24)22(30-2)12-16(17)6-9-28/h5,8,11-14,20,28H,3-4,6-7,9-10H2,1-2H3/t20-/m0/s1. The maximum absolute atomic E-state index is 12.7. The first-order chi connectivity index (χ1) is 14.5. The predicted octanol–water partition coefficient (Wildman–Crippen LogP) is 3.40. The van der Waals surface area contributed by atoms with E-state index in [9.17, 15) is 9.90 Å². The van der Waals surface area contributed by atoms with Gasteiger partial charge < -0.3 is 14.2 Å². The lowest BCUT2D eigenvalue weighted by Crippen LogP contribution is -2.33. The van der Waals surface area contributed by atoms with Crippen LogP contribution in [-0.4, -0.2) is 58.5 Å². The van der Waals surface area contributed by atoms with Crippen LogP contribution < -0.4 is 4.74 Å². The number of aliphatic hydroxyl groups is 1. The largest absolute Gasteiger partial charge is 0.495 e. The van der Waals surface area contributed by atoms with Crippen molar-refractivity contribution in [2.24, 2.45) is 0 Å². The number of likely N-dealkylation sites (tertiary alicyclic amines) is 1. The Balaban J connectivity index is 1.64. The van der Waals surface area contributed by atoms with Crippen LogP contribution in [0, 0.1) is 0 Å². The Kier molecular flexibility index (Phi) is 6.09. The van der Waals surface area contributed by atoms with Gasteiger partial charge in [-0.05, 0) is 68.2 Å². The number of halogens is 1. The molecule has 1 aliphatic rings. The summed E-state index contributed by atoms with van der Waals surface area (Å²) in [6.45, 7) is 1.01. The van der Waals surface area contributed by atoms with Gasteiger partial charge >= 0.3 is 0 Å². The second kappa shape index (κ2) is 8.76. The number of imidazole rings is 1. The lowest BCUT2D eigenvalue weighted by atomic mass is 10.0. The molecular weight excluding hydrogens is 402 g/mol. The Bertz CT molecular complexity index is 1080. The molecule has 30 heavy (non-hydrogen) atoms. The number of ketones is 1. The van der Waals surface area contributed by atoms with E-state index in [0.29, 0.717) is 23.6 Å². The number of hydrogen-bond donors (Lipinski definition) is 1. The van der Waals surface area contributed by atoms with Gasteiger partial charge in [0, 0.05) is 31.0 Å². The molecule has 0 unspecified atom stereocenters. The molecule has 0 bridgehead atoms. The number of aromatic nitrogens is 2. The van der Waals surface area contributed by atoms with Crippen molar-refractivity contribution in [3.8, 4) is 17.0 Å². The molecule has 1 aliphatic heterocycles. The zero-order chi connectivity index (χ0) is 21.3. The summed E-state index contributed by atoms with van der Waals surface area (Å²) in [7, 11) is 3.59. The number of benzene rings is 1. The van der Waals surface area contributed by atoms with Gasteiger partial charge in [0.1, 0.15) is 11.4 Å². The number of hydrogen-bond acceptors (Lipinski definition) is 5. The highest BCUT2D eigenvalue weighted by atomic mass is 35.5. The molecule has 1 saturated heterocycles. The van der Waals surface area contributed by atoms with Crippen LogP contribution in [0.5, 0.6) is 5.75 Å². The minimum Gasteiger partial charge on any atom is -0.495 e. The minimum absolute atomic E-state index is 0.0209. The molecule has 0 amide bonds. The van der Waals surface area contributed by atoms with Gasteiger partial charge in [-0.3, -0.25) is 9.69 Å². The van der Waals surface area contributed by atoms with Crippen molar-refractivity contribution >= 4 is 23.0 Å². The van der Waals surface area contributed by atoms with Crippen LogP contribution >= 0.6 is 11.6 Å². The summed E-state index contributed by atoms with van der Waals surface area (Å²) in [6.07, 6.45) is 6.78. The molecule has 1 fully saturated rings. The summed E-state index contributed by atoms with van der Waals surface area (Å²) in [5.74, 6) is 0.837. The monoisotopic (exact) mass is 427 g/mol. The fourth-order valence-corrected chi connectivity index (χ4v) is 4.46. The van der Waals surface area contributed by atoms with Crippen molar-refractivity contribution in [1.29, 1.82) is 0 Å². The number of likely N-dealkylation sites (N-methyl/N-ethyl adjacent to an activating group) is 1. The van der Waals surface area contributed by atoms with Gasteiger partial charge in [0.15, 0.2) is 5.78 Å². The number of aliphatic hydroxyl groups excluding tert-OH is 1. The molecule has 3 heterocycles. The van der Waals surface area contributed by atoms with Crippen LogP contribution in [0.2, 0.25) is 5.02 Å². The molecule has 1 atom stereocenters. The Morgan fingerprint density at radius 3 is 2.90 bits per heavy atom. The zero-order valence-corrected chi connectivity index (χ0v) is 18.0. The third kappa shape index (κ3) is 4.08. The van der Waals surface area contributed by atoms with Crippen molar-refractivity contribution in [3.63, 3.8) is 0 Å². The zero-order valence-electron chi connectivity index (χ0n) is 17.3. The van der Waals surface area contributed by atoms with Crippen molar-refractivity contribution < 1.29 is 14.6 Å². The van der Waals surface area contributed by atoms with E-state index >= 15 is 0 Å². The number of rotatable bonds is 7. The molecule has 0 radical (unpaired) electrons. The van der Waals surface area contributed by atoms with E-state index in [4.69, 9.17) is 21.3 Å². The lowest BCUT2D eigenvalue weighted by molar-refractivity contribution is -0.122. The van der Waals surface area contributed by atoms with Crippen molar-refractivity contribution in [2.45, 2.75) is 31.7 Å². The van der Waals surface area contributed by atoms with E-state index in [1.54, 1.807) is 7.11 Å². The topological polar surface area (TPSA) is 67.1 Å². The highest BCUT2D eigenvalue weighted by Gasteiger charge is 2.27. The van der Waals surface area contributed by atoms with Crippen LogP contribution in [-0.2, 0) is 17.6 Å². The van der Waals surface area contributed by atoms with Gasteiger partial charge in [0.2, 0.25) is 0 Å². The molecule has 7 heteroatoms. The molecule has 1 aromatic carbocycles. The van der Waals surface area contributed by atoms with Crippen LogP contribution in [0.3, 0.4) is 0 Å². The van der Waals surface area contributed by atoms with Crippen molar-refractivity contribution in [3.05, 3.63) is 52.8 Å². The normalized spacial score (nSPS) is 17.0. The maximum atomic E-state index is 12.7. The molecular formula is C23H26ClN3O3. The third-order valence-electron chi connectivity index (χ3n) is 5.83. The van der Waals surface area contributed by atoms with Crippen molar-refractivity contribution in [2.75, 3.05) is 27.3 Å². The van der Waals surface area contributed by atoms with Crippen LogP contribution in [0.1, 0.15) is 24.0 Å². The smallest absolute Gasteiger partial charge is 0.154 e. The van der Waals surface area contributed by atoms with Crippen molar-refractivity contribution in [1.82, 2.24) is 14.3 Å². The van der Waals surface area contributed by atoms with Gasteiger partial charge in [0.25, 0.3) is 0 Å². The summed E-state index contributed by atoms with van der Waals surface area (Å²) in [5, 5.41) is 9.96. The minimum atomic E-state index is 0.0209. The first-order valence-corrected chi connectivity index (χ1v) is 10.6. The lowest BCUT2D eigenvalue weighted by Gasteiger charge is -2.17. The van der Waals surface area contributed by atoms with E-state index in [1.165, 1.54) is 0 Å². The summed E-state index contributed by atoms with van der Waals surface area (Å²) in [4.78, 5) is 19.6. The maximum Gasteiger partial charge on any atom is 0.154 e. The number of ether oxygens (including phenoxy) is 1.